The molecule has 0 aliphatic heterocycles. The fourth-order valence-corrected chi connectivity index (χ4v) is 2.00. The van der Waals surface area contributed by atoms with Crippen LogP contribution in [-0.4, -0.2) is 9.78 Å². The van der Waals surface area contributed by atoms with Crippen molar-refractivity contribution < 1.29 is 0 Å². The van der Waals surface area contributed by atoms with Crippen molar-refractivity contribution in [1.82, 2.24) is 9.78 Å². The van der Waals surface area contributed by atoms with E-state index < -0.39 is 0 Å². The van der Waals surface area contributed by atoms with Gasteiger partial charge in [0.05, 0.1) is 5.69 Å². The summed E-state index contributed by atoms with van der Waals surface area (Å²) in [6, 6.07) is 8.17. The Morgan fingerprint density at radius 3 is 2.41 bits per heavy atom. The van der Waals surface area contributed by atoms with E-state index in [9.17, 15) is 4.79 Å². The first kappa shape index (κ1) is 11.7. The number of hydrogen-bond acceptors (Lipinski definition) is 1. The fourth-order valence-electron chi connectivity index (χ4n) is 2.00. The molecule has 90 valence electrons. The third-order valence-electron chi connectivity index (χ3n) is 3.04. The van der Waals surface area contributed by atoms with Gasteiger partial charge in [0.15, 0.2) is 0 Å². The van der Waals surface area contributed by atoms with Gasteiger partial charge in [-0.3, -0.25) is 14.6 Å². The van der Waals surface area contributed by atoms with Gasteiger partial charge in [0.2, 0.25) is 0 Å². The average molecular weight is 230 g/mol. The number of benzene rings is 1. The van der Waals surface area contributed by atoms with E-state index in [1.807, 2.05) is 23.7 Å². The Balaban J connectivity index is 2.54. The number of nitrogens with zero attached hydrogens (tertiary/aromatic N) is 1. The van der Waals surface area contributed by atoms with Crippen LogP contribution in [0.4, 0.5) is 0 Å². The van der Waals surface area contributed by atoms with Crippen LogP contribution in [0, 0.1) is 13.8 Å². The number of rotatable bonds is 3. The summed E-state index contributed by atoms with van der Waals surface area (Å²) in [5, 5.41) is 2.89. The first-order valence-corrected chi connectivity index (χ1v) is 6.01. The summed E-state index contributed by atoms with van der Waals surface area (Å²) < 4.78 is 1.90. The Morgan fingerprint density at radius 1 is 1.18 bits per heavy atom. The molecule has 0 amide bonds. The van der Waals surface area contributed by atoms with Gasteiger partial charge in [-0.15, -0.1) is 0 Å². The number of nitrogens with one attached hydrogen (secondary N) is 1. The molecule has 0 spiro atoms. The molecule has 0 saturated carbocycles. The number of aromatic nitrogens is 2. The Hall–Kier alpha value is -1.77. The number of H-pyrrole nitrogens is 1. The number of hydrogen-bond donors (Lipinski definition) is 1. The first-order valence-electron chi connectivity index (χ1n) is 6.01. The Labute approximate surface area is 101 Å². The normalized spacial score (nSPS) is 10.8. The molecule has 3 nitrogen and oxygen atoms in total. The minimum Gasteiger partial charge on any atom is -0.268 e. The van der Waals surface area contributed by atoms with Crippen LogP contribution >= 0.6 is 0 Å². The summed E-state index contributed by atoms with van der Waals surface area (Å²) in [5.41, 5.74) is 4.16. The molecule has 0 radical (unpaired) electrons. The fraction of sp³-hybridized carbons (Fsp3) is 0.357. The second kappa shape index (κ2) is 4.62. The van der Waals surface area contributed by atoms with Crippen LogP contribution in [0.25, 0.3) is 5.69 Å². The monoisotopic (exact) mass is 230 g/mol. The molecule has 0 fully saturated rings. The molecule has 2 rings (SSSR count). The highest BCUT2D eigenvalue weighted by Crippen LogP contribution is 2.14. The van der Waals surface area contributed by atoms with Gasteiger partial charge in [0.1, 0.15) is 0 Å². The Kier molecular flexibility index (Phi) is 3.18. The van der Waals surface area contributed by atoms with Crippen LogP contribution in [0.3, 0.4) is 0 Å². The summed E-state index contributed by atoms with van der Waals surface area (Å²) in [6.45, 7) is 6.06. The highest BCUT2D eigenvalue weighted by atomic mass is 16.1. The van der Waals surface area contributed by atoms with Crippen LogP contribution in [0.15, 0.2) is 29.1 Å². The van der Waals surface area contributed by atoms with Gasteiger partial charge in [0.25, 0.3) is 5.56 Å². The third kappa shape index (κ3) is 2.18. The van der Waals surface area contributed by atoms with Crippen molar-refractivity contribution in [3.63, 3.8) is 0 Å². The molecular weight excluding hydrogens is 212 g/mol. The van der Waals surface area contributed by atoms with E-state index in [0.29, 0.717) is 0 Å². The largest absolute Gasteiger partial charge is 0.268 e. The molecule has 0 saturated heterocycles. The van der Waals surface area contributed by atoms with Gasteiger partial charge in [-0.25, -0.2) is 0 Å². The average Bonchev–Trinajstić information content (AvgIpc) is 2.59. The lowest BCUT2D eigenvalue weighted by Gasteiger charge is -2.08. The topological polar surface area (TPSA) is 37.8 Å². The maximum atomic E-state index is 11.7. The molecule has 0 atom stereocenters. The van der Waals surface area contributed by atoms with E-state index >= 15 is 0 Å². The molecular formula is C14H18N2O. The standard InChI is InChI=1S/C14H18N2O/c1-4-5-13-11(3)14(17)15-16(13)12-8-6-10(2)7-9-12/h6-9H,4-5H2,1-3H3,(H,15,17). The van der Waals surface area contributed by atoms with Gasteiger partial charge in [0, 0.05) is 11.3 Å². The number of aryl methyl sites for hydroxylation is 1. The molecule has 1 heterocycles. The molecule has 0 aliphatic carbocycles. The van der Waals surface area contributed by atoms with Crippen LogP contribution in [-0.2, 0) is 6.42 Å². The Morgan fingerprint density at radius 2 is 1.82 bits per heavy atom. The zero-order valence-electron chi connectivity index (χ0n) is 10.6. The second-order valence-corrected chi connectivity index (χ2v) is 4.43. The van der Waals surface area contributed by atoms with E-state index in [4.69, 9.17) is 0 Å². The lowest BCUT2D eigenvalue weighted by Crippen LogP contribution is -2.05. The third-order valence-corrected chi connectivity index (χ3v) is 3.04. The van der Waals surface area contributed by atoms with Crippen molar-refractivity contribution in [2.24, 2.45) is 0 Å². The Bertz CT molecular complexity index is 561. The maximum absolute atomic E-state index is 11.7. The number of aromatic amines is 1. The van der Waals surface area contributed by atoms with Crippen LogP contribution in [0.2, 0.25) is 0 Å². The first-order chi connectivity index (χ1) is 8.13. The van der Waals surface area contributed by atoms with Gasteiger partial charge in [-0.1, -0.05) is 31.0 Å². The molecule has 0 unspecified atom stereocenters. The summed E-state index contributed by atoms with van der Waals surface area (Å²) in [4.78, 5) is 11.7. The summed E-state index contributed by atoms with van der Waals surface area (Å²) in [6.07, 6.45) is 1.95. The predicted octanol–water partition coefficient (Wildman–Crippen LogP) is 2.73. The van der Waals surface area contributed by atoms with Crippen molar-refractivity contribution in [3.8, 4) is 5.69 Å². The van der Waals surface area contributed by atoms with E-state index in [0.717, 1.165) is 29.8 Å². The zero-order chi connectivity index (χ0) is 12.4. The molecule has 0 aliphatic rings. The molecule has 17 heavy (non-hydrogen) atoms. The van der Waals surface area contributed by atoms with E-state index in [2.05, 4.69) is 31.1 Å². The molecule has 3 heteroatoms. The van der Waals surface area contributed by atoms with Crippen molar-refractivity contribution >= 4 is 0 Å². The molecule has 1 N–H and O–H groups in total. The van der Waals surface area contributed by atoms with Gasteiger partial charge >= 0.3 is 0 Å². The van der Waals surface area contributed by atoms with E-state index in [1.165, 1.54) is 5.56 Å². The minimum absolute atomic E-state index is 0.00836. The second-order valence-electron chi connectivity index (χ2n) is 4.43. The maximum Gasteiger partial charge on any atom is 0.267 e. The summed E-state index contributed by atoms with van der Waals surface area (Å²) in [5.74, 6) is 0. The van der Waals surface area contributed by atoms with Gasteiger partial charge < -0.3 is 0 Å². The minimum atomic E-state index is 0.00836. The van der Waals surface area contributed by atoms with Gasteiger partial charge in [-0.2, -0.15) is 0 Å². The zero-order valence-corrected chi connectivity index (χ0v) is 10.6. The molecule has 1 aromatic carbocycles. The van der Waals surface area contributed by atoms with Crippen LogP contribution < -0.4 is 5.56 Å². The molecule has 1 aromatic heterocycles. The lowest BCUT2D eigenvalue weighted by atomic mass is 10.1. The van der Waals surface area contributed by atoms with Crippen molar-refractivity contribution in [2.75, 3.05) is 0 Å². The molecule has 2 aromatic rings. The quantitative estimate of drug-likeness (QED) is 0.865. The SMILES string of the molecule is CCCc1c(C)c(=O)[nH]n1-c1ccc(C)cc1. The van der Waals surface area contributed by atoms with Crippen molar-refractivity contribution in [1.29, 1.82) is 0 Å². The summed E-state index contributed by atoms with van der Waals surface area (Å²) in [7, 11) is 0. The van der Waals surface area contributed by atoms with Crippen LogP contribution in [0.1, 0.15) is 30.2 Å². The molecule has 0 bridgehead atoms. The lowest BCUT2D eigenvalue weighted by molar-refractivity contribution is 0.767. The predicted molar refractivity (Wildman–Crippen MR) is 69.9 cm³/mol. The smallest absolute Gasteiger partial charge is 0.267 e. The van der Waals surface area contributed by atoms with Gasteiger partial charge in [-0.05, 0) is 32.4 Å². The highest BCUT2D eigenvalue weighted by molar-refractivity contribution is 5.36. The van der Waals surface area contributed by atoms with Crippen molar-refractivity contribution in [2.45, 2.75) is 33.6 Å². The van der Waals surface area contributed by atoms with E-state index in [1.54, 1.807) is 0 Å². The summed E-state index contributed by atoms with van der Waals surface area (Å²) >= 11 is 0. The van der Waals surface area contributed by atoms with Crippen molar-refractivity contribution in [3.05, 3.63) is 51.4 Å². The highest BCUT2D eigenvalue weighted by Gasteiger charge is 2.10. The van der Waals surface area contributed by atoms with E-state index in [-0.39, 0.29) is 5.56 Å². The van der Waals surface area contributed by atoms with Crippen LogP contribution in [0.5, 0.6) is 0 Å².